The average molecular weight is 173 g/mol. The molecule has 0 atom stereocenters. The van der Waals surface area contributed by atoms with Gasteiger partial charge in [0, 0.05) is 11.2 Å². The molecule has 0 aliphatic heterocycles. The SMILES string of the molecule is N.O.O=S(O)(O)=S.[H-].[Na+]. The van der Waals surface area contributed by atoms with Crippen LogP contribution in [0.1, 0.15) is 1.43 Å². The van der Waals surface area contributed by atoms with Gasteiger partial charge in [-0.2, -0.15) is 4.21 Å². The zero-order valence-electron chi connectivity index (χ0n) is 5.33. The molecule has 8 heteroatoms. The molecule has 7 N–H and O–H groups in total. The Labute approximate surface area is 75.8 Å². The van der Waals surface area contributed by atoms with Crippen molar-refractivity contribution >= 4 is 20.2 Å². The molecule has 0 spiro atoms. The van der Waals surface area contributed by atoms with E-state index < -0.39 is 9.05 Å². The summed E-state index contributed by atoms with van der Waals surface area (Å²) >= 11 is 3.47. The fourth-order valence-electron chi connectivity index (χ4n) is 0. The molecule has 0 aromatic carbocycles. The van der Waals surface area contributed by atoms with Crippen molar-refractivity contribution < 1.29 is 49.8 Å². The van der Waals surface area contributed by atoms with Crippen molar-refractivity contribution in [2.24, 2.45) is 0 Å². The Bertz CT molecular complexity index is 102. The summed E-state index contributed by atoms with van der Waals surface area (Å²) in [5.41, 5.74) is 0. The molecule has 0 fully saturated rings. The van der Waals surface area contributed by atoms with Crippen molar-refractivity contribution in [3.63, 3.8) is 0 Å². The summed E-state index contributed by atoms with van der Waals surface area (Å²) in [5, 5.41) is 0. The van der Waals surface area contributed by atoms with Gasteiger partial charge in [0.2, 0.25) is 0 Å². The topological polar surface area (TPSA) is 124 Å². The van der Waals surface area contributed by atoms with Crippen LogP contribution in [0.25, 0.3) is 0 Å². The van der Waals surface area contributed by atoms with Crippen LogP contribution in [0.2, 0.25) is 0 Å². The normalized spacial score (nSPS) is 7.25. The molecule has 0 aromatic rings. The summed E-state index contributed by atoms with van der Waals surface area (Å²) in [7, 11) is -3.83. The van der Waals surface area contributed by atoms with Crippen LogP contribution in [-0.2, 0) is 20.2 Å². The first-order valence-corrected chi connectivity index (χ1v) is 3.10. The fraction of sp³-hybridized carbons (Fsp3) is 0. The minimum Gasteiger partial charge on any atom is -1.00 e. The molecule has 8 heavy (non-hydrogen) atoms. The molecule has 0 aliphatic rings. The molecular weight excluding hydrogens is 165 g/mol. The first kappa shape index (κ1) is 22.9. The first-order valence-electron chi connectivity index (χ1n) is 0.698. The number of hydrogen-bond acceptors (Lipinski definition) is 3. The Kier molecular flexibility index (Phi) is 23.5. The summed E-state index contributed by atoms with van der Waals surface area (Å²) in [4.78, 5) is 0. The molecule has 0 saturated heterocycles. The zero-order chi connectivity index (χ0) is 4.50. The largest absolute Gasteiger partial charge is 1.00 e. The summed E-state index contributed by atoms with van der Waals surface area (Å²) in [6.07, 6.45) is 0. The molecule has 0 bridgehead atoms. The van der Waals surface area contributed by atoms with Crippen molar-refractivity contribution in [3.8, 4) is 0 Å². The van der Waals surface area contributed by atoms with Crippen LogP contribution >= 0.6 is 0 Å². The maximum atomic E-state index is 9.11. The molecule has 0 amide bonds. The van der Waals surface area contributed by atoms with Gasteiger partial charge < -0.3 is 13.1 Å². The molecule has 0 aromatic heterocycles. The second kappa shape index (κ2) is 8.21. The van der Waals surface area contributed by atoms with E-state index in [4.69, 9.17) is 13.3 Å². The second-order valence-corrected chi connectivity index (χ2v) is 2.65. The van der Waals surface area contributed by atoms with E-state index in [1.54, 1.807) is 0 Å². The van der Waals surface area contributed by atoms with Gasteiger partial charge in [-0.25, -0.2) is 0 Å². The van der Waals surface area contributed by atoms with Crippen molar-refractivity contribution in [2.75, 3.05) is 0 Å². The molecular formula is H8NNaO4S2. The molecule has 0 rings (SSSR count). The summed E-state index contributed by atoms with van der Waals surface area (Å²) in [5.74, 6) is 0. The smallest absolute Gasteiger partial charge is 1.00 e. The molecule has 0 unspecified atom stereocenters. The van der Waals surface area contributed by atoms with E-state index >= 15 is 0 Å². The Morgan fingerprint density at radius 1 is 1.50 bits per heavy atom. The maximum Gasteiger partial charge on any atom is 1.00 e. The van der Waals surface area contributed by atoms with Gasteiger partial charge in [0.05, 0.1) is 0 Å². The average Bonchev–Trinajstić information content (AvgIpc) is 0.722. The molecule has 0 aliphatic carbocycles. The van der Waals surface area contributed by atoms with Gasteiger partial charge in [-0.05, 0) is 0 Å². The molecule has 50 valence electrons. The third-order valence-corrected chi connectivity index (χ3v) is 0. The molecule has 5 nitrogen and oxygen atoms in total. The van der Waals surface area contributed by atoms with Crippen molar-refractivity contribution in [2.45, 2.75) is 0 Å². The third-order valence-electron chi connectivity index (χ3n) is 0. The van der Waals surface area contributed by atoms with Crippen molar-refractivity contribution in [1.29, 1.82) is 0 Å². The zero-order valence-corrected chi connectivity index (χ0v) is 7.96. The van der Waals surface area contributed by atoms with Crippen LogP contribution in [0, 0.1) is 0 Å². The molecule has 0 saturated carbocycles. The maximum absolute atomic E-state index is 9.11. The van der Waals surface area contributed by atoms with Gasteiger partial charge in [-0.3, -0.25) is 9.11 Å². The molecule has 0 heterocycles. The number of rotatable bonds is 0. The van der Waals surface area contributed by atoms with E-state index in [1.807, 2.05) is 0 Å². The summed E-state index contributed by atoms with van der Waals surface area (Å²) in [6.45, 7) is 0. The van der Waals surface area contributed by atoms with E-state index in [0.29, 0.717) is 0 Å². The van der Waals surface area contributed by atoms with Crippen molar-refractivity contribution in [3.05, 3.63) is 0 Å². The summed E-state index contributed by atoms with van der Waals surface area (Å²) in [6, 6.07) is 0. The Balaban J connectivity index is -0.0000000133. The quantitative estimate of drug-likeness (QED) is 0.323. The van der Waals surface area contributed by atoms with Gasteiger partial charge in [-0.15, -0.1) is 0 Å². The van der Waals surface area contributed by atoms with Crippen LogP contribution in [0.3, 0.4) is 0 Å². The van der Waals surface area contributed by atoms with Crippen LogP contribution in [0.15, 0.2) is 0 Å². The van der Waals surface area contributed by atoms with E-state index in [2.05, 4.69) is 11.2 Å². The monoisotopic (exact) mass is 173 g/mol. The molecule has 0 radical (unpaired) electrons. The van der Waals surface area contributed by atoms with Gasteiger partial charge in [-0.1, -0.05) is 0 Å². The standard InChI is InChI=1S/H3N.Na.H2O3S2.H2O.H/c;;1-5(2,3)4;;/h1H3;;(H2,1,2,3,4);1H2;/q;+1;;;-1. The van der Waals surface area contributed by atoms with Gasteiger partial charge >= 0.3 is 29.6 Å². The second-order valence-electron chi connectivity index (χ2n) is 0.448. The minimum atomic E-state index is -3.83. The van der Waals surface area contributed by atoms with Gasteiger partial charge in [0.25, 0.3) is 9.05 Å². The Morgan fingerprint density at radius 2 is 1.50 bits per heavy atom. The van der Waals surface area contributed by atoms with Crippen LogP contribution in [0.4, 0.5) is 0 Å². The predicted octanol–water partition coefficient (Wildman–Crippen LogP) is -3.87. The van der Waals surface area contributed by atoms with E-state index in [0.717, 1.165) is 0 Å². The van der Waals surface area contributed by atoms with E-state index in [9.17, 15) is 0 Å². The van der Waals surface area contributed by atoms with Gasteiger partial charge in [0.15, 0.2) is 0 Å². The number of hydrogen-bond donors (Lipinski definition) is 3. The van der Waals surface area contributed by atoms with Crippen LogP contribution in [-0.4, -0.2) is 18.8 Å². The van der Waals surface area contributed by atoms with E-state index in [1.165, 1.54) is 0 Å². The first-order chi connectivity index (χ1) is 2.00. The Hall–Kier alpha value is 1.21. The van der Waals surface area contributed by atoms with Crippen LogP contribution < -0.4 is 35.7 Å². The van der Waals surface area contributed by atoms with Crippen molar-refractivity contribution in [1.82, 2.24) is 6.15 Å². The van der Waals surface area contributed by atoms with Crippen LogP contribution in [0.5, 0.6) is 0 Å². The third kappa shape index (κ3) is 190. The van der Waals surface area contributed by atoms with Gasteiger partial charge in [0.1, 0.15) is 0 Å². The minimum absolute atomic E-state index is 0. The predicted molar refractivity (Wildman–Crippen MR) is 30.5 cm³/mol. The summed E-state index contributed by atoms with van der Waals surface area (Å²) < 4.78 is 24.0. The fourth-order valence-corrected chi connectivity index (χ4v) is 0. The Morgan fingerprint density at radius 3 is 1.50 bits per heavy atom. The van der Waals surface area contributed by atoms with E-state index in [-0.39, 0.29) is 42.6 Å².